The number of amides is 1. The molecule has 3 aromatic rings. The Labute approximate surface area is 169 Å². The summed E-state index contributed by atoms with van der Waals surface area (Å²) in [5.41, 5.74) is 4.88. The first-order valence-electron chi connectivity index (χ1n) is 9.16. The Morgan fingerprint density at radius 3 is 2.61 bits per heavy atom. The van der Waals surface area contributed by atoms with Gasteiger partial charge in [0, 0.05) is 10.9 Å². The average molecular weight is 397 g/mol. The Bertz CT molecular complexity index is 982. The molecule has 0 bridgehead atoms. The van der Waals surface area contributed by atoms with Gasteiger partial charge in [-0.1, -0.05) is 24.3 Å². The van der Waals surface area contributed by atoms with Crippen LogP contribution in [0.15, 0.2) is 41.8 Å². The molecular formula is C22H24N2O3S. The molecule has 1 heterocycles. The maximum Gasteiger partial charge on any atom is 0.264 e. The van der Waals surface area contributed by atoms with Gasteiger partial charge in [0.25, 0.3) is 5.91 Å². The molecule has 2 aromatic carbocycles. The molecule has 0 aliphatic rings. The number of ether oxygens (including phenoxy) is 2. The Morgan fingerprint density at radius 2 is 1.82 bits per heavy atom. The Hall–Kier alpha value is -2.86. The minimum absolute atomic E-state index is 0.0599. The number of thiazole rings is 1. The van der Waals surface area contributed by atoms with Gasteiger partial charge < -0.3 is 9.47 Å². The Morgan fingerprint density at radius 1 is 1.07 bits per heavy atom. The molecule has 0 radical (unpaired) electrons. The van der Waals surface area contributed by atoms with Crippen LogP contribution >= 0.6 is 11.3 Å². The third-order valence-electron chi connectivity index (χ3n) is 4.43. The predicted molar refractivity (Wildman–Crippen MR) is 113 cm³/mol. The number of benzene rings is 2. The number of aromatic nitrogens is 1. The highest BCUT2D eigenvalue weighted by atomic mass is 32.1. The normalized spacial score (nSPS) is 10.6. The van der Waals surface area contributed by atoms with Crippen LogP contribution in [0.3, 0.4) is 0 Å². The lowest BCUT2D eigenvalue weighted by Crippen LogP contribution is -2.20. The number of carbonyl (C=O) groups is 1. The van der Waals surface area contributed by atoms with Gasteiger partial charge in [0.15, 0.2) is 11.7 Å². The molecule has 3 rings (SSSR count). The number of aryl methyl sites for hydroxylation is 2. The molecule has 0 fully saturated rings. The van der Waals surface area contributed by atoms with Gasteiger partial charge in [0.2, 0.25) is 0 Å². The van der Waals surface area contributed by atoms with Crippen molar-refractivity contribution in [3.05, 3.63) is 58.5 Å². The molecule has 0 unspecified atom stereocenters. The monoisotopic (exact) mass is 396 g/mol. The van der Waals surface area contributed by atoms with Crippen molar-refractivity contribution in [2.24, 2.45) is 0 Å². The molecule has 1 aromatic heterocycles. The van der Waals surface area contributed by atoms with E-state index in [1.807, 2.05) is 63.4 Å². The summed E-state index contributed by atoms with van der Waals surface area (Å²) in [5, 5.41) is 5.25. The number of nitrogens with zero attached hydrogens (tertiary/aromatic N) is 1. The number of hydrogen-bond acceptors (Lipinski definition) is 5. The molecule has 0 saturated carbocycles. The summed E-state index contributed by atoms with van der Waals surface area (Å²) in [6, 6.07) is 11.8. The number of anilines is 1. The van der Waals surface area contributed by atoms with Crippen LogP contribution in [0.1, 0.15) is 23.6 Å². The van der Waals surface area contributed by atoms with Crippen LogP contribution in [0.2, 0.25) is 0 Å². The molecular weight excluding hydrogens is 372 g/mol. The number of nitrogens with one attached hydrogen (secondary N) is 1. The van der Waals surface area contributed by atoms with E-state index in [0.717, 1.165) is 39.4 Å². The van der Waals surface area contributed by atoms with E-state index in [-0.39, 0.29) is 12.5 Å². The van der Waals surface area contributed by atoms with E-state index in [0.29, 0.717) is 11.7 Å². The maximum atomic E-state index is 12.3. The standard InChI is InChI=1S/C22H24N2O3S/c1-5-26-19-9-7-6-8-17(19)18-13-28-22(23-18)24-20(25)12-27-21-15(3)11-10-14(2)16(21)4/h6-11,13H,5,12H2,1-4H3,(H,23,24,25). The van der Waals surface area contributed by atoms with Crippen molar-refractivity contribution >= 4 is 22.4 Å². The van der Waals surface area contributed by atoms with E-state index in [4.69, 9.17) is 9.47 Å². The van der Waals surface area contributed by atoms with Crippen LogP contribution in [-0.2, 0) is 4.79 Å². The van der Waals surface area contributed by atoms with Gasteiger partial charge in [0.05, 0.1) is 12.3 Å². The summed E-state index contributed by atoms with van der Waals surface area (Å²) in [7, 11) is 0. The predicted octanol–water partition coefficient (Wildman–Crippen LogP) is 5.15. The van der Waals surface area contributed by atoms with E-state index in [1.165, 1.54) is 11.3 Å². The molecule has 0 spiro atoms. The van der Waals surface area contributed by atoms with E-state index in [9.17, 15) is 4.79 Å². The van der Waals surface area contributed by atoms with Gasteiger partial charge in [-0.3, -0.25) is 10.1 Å². The van der Waals surface area contributed by atoms with Crippen molar-refractivity contribution in [1.82, 2.24) is 4.98 Å². The van der Waals surface area contributed by atoms with Gasteiger partial charge in [0.1, 0.15) is 11.5 Å². The molecule has 1 N–H and O–H groups in total. The third kappa shape index (κ3) is 4.51. The van der Waals surface area contributed by atoms with Gasteiger partial charge in [-0.05, 0) is 56.5 Å². The van der Waals surface area contributed by atoms with Gasteiger partial charge >= 0.3 is 0 Å². The Balaban J connectivity index is 1.66. The number of carbonyl (C=O) groups excluding carboxylic acids is 1. The summed E-state index contributed by atoms with van der Waals surface area (Å²) in [6.07, 6.45) is 0. The summed E-state index contributed by atoms with van der Waals surface area (Å²) in [5.74, 6) is 1.31. The summed E-state index contributed by atoms with van der Waals surface area (Å²) in [6.45, 7) is 8.47. The number of rotatable bonds is 7. The van der Waals surface area contributed by atoms with Gasteiger partial charge in [-0.2, -0.15) is 0 Å². The minimum atomic E-state index is -0.237. The third-order valence-corrected chi connectivity index (χ3v) is 5.19. The number of hydrogen-bond donors (Lipinski definition) is 1. The molecule has 28 heavy (non-hydrogen) atoms. The van der Waals surface area contributed by atoms with Crippen LogP contribution in [0.4, 0.5) is 5.13 Å². The molecule has 0 aliphatic carbocycles. The van der Waals surface area contributed by atoms with Crippen molar-refractivity contribution in [2.75, 3.05) is 18.5 Å². The summed E-state index contributed by atoms with van der Waals surface area (Å²) >= 11 is 1.38. The second-order valence-electron chi connectivity index (χ2n) is 6.46. The zero-order valence-corrected chi connectivity index (χ0v) is 17.4. The fourth-order valence-corrected chi connectivity index (χ4v) is 3.58. The van der Waals surface area contributed by atoms with Crippen LogP contribution in [0.25, 0.3) is 11.3 Å². The van der Waals surface area contributed by atoms with Crippen molar-refractivity contribution in [3.63, 3.8) is 0 Å². The lowest BCUT2D eigenvalue weighted by atomic mass is 10.1. The van der Waals surface area contributed by atoms with Crippen LogP contribution in [-0.4, -0.2) is 24.1 Å². The minimum Gasteiger partial charge on any atom is -0.493 e. The molecule has 0 saturated heterocycles. The average Bonchev–Trinajstić information content (AvgIpc) is 3.14. The highest BCUT2D eigenvalue weighted by Crippen LogP contribution is 2.32. The lowest BCUT2D eigenvalue weighted by molar-refractivity contribution is -0.118. The van der Waals surface area contributed by atoms with Crippen molar-refractivity contribution in [1.29, 1.82) is 0 Å². The fraction of sp³-hybridized carbons (Fsp3) is 0.273. The maximum absolute atomic E-state index is 12.3. The summed E-state index contributed by atoms with van der Waals surface area (Å²) < 4.78 is 11.4. The highest BCUT2D eigenvalue weighted by Gasteiger charge is 2.13. The smallest absolute Gasteiger partial charge is 0.264 e. The van der Waals surface area contributed by atoms with Crippen molar-refractivity contribution < 1.29 is 14.3 Å². The second kappa shape index (κ2) is 8.89. The molecule has 6 heteroatoms. The second-order valence-corrected chi connectivity index (χ2v) is 7.32. The van der Waals surface area contributed by atoms with Gasteiger partial charge in [-0.15, -0.1) is 11.3 Å². The quantitative estimate of drug-likeness (QED) is 0.600. The first-order valence-corrected chi connectivity index (χ1v) is 10.0. The van der Waals surface area contributed by atoms with E-state index in [1.54, 1.807) is 0 Å². The van der Waals surface area contributed by atoms with Crippen LogP contribution in [0.5, 0.6) is 11.5 Å². The number of para-hydroxylation sites is 1. The molecule has 0 aliphatic heterocycles. The van der Waals surface area contributed by atoms with E-state index in [2.05, 4.69) is 16.4 Å². The van der Waals surface area contributed by atoms with E-state index >= 15 is 0 Å². The van der Waals surface area contributed by atoms with Crippen LogP contribution in [0, 0.1) is 20.8 Å². The fourth-order valence-electron chi connectivity index (χ4n) is 2.86. The SMILES string of the molecule is CCOc1ccccc1-c1csc(NC(=O)COc2c(C)ccc(C)c2C)n1. The largest absolute Gasteiger partial charge is 0.493 e. The zero-order chi connectivity index (χ0) is 20.1. The first-order chi connectivity index (χ1) is 13.5. The lowest BCUT2D eigenvalue weighted by Gasteiger charge is -2.13. The van der Waals surface area contributed by atoms with Crippen LogP contribution < -0.4 is 14.8 Å². The van der Waals surface area contributed by atoms with Gasteiger partial charge in [-0.25, -0.2) is 4.98 Å². The van der Waals surface area contributed by atoms with Crippen molar-refractivity contribution in [2.45, 2.75) is 27.7 Å². The topological polar surface area (TPSA) is 60.5 Å². The van der Waals surface area contributed by atoms with E-state index < -0.39 is 0 Å². The highest BCUT2D eigenvalue weighted by molar-refractivity contribution is 7.14. The first kappa shape index (κ1) is 19.9. The Kier molecular flexibility index (Phi) is 6.31. The zero-order valence-electron chi connectivity index (χ0n) is 16.5. The van der Waals surface area contributed by atoms with Crippen molar-refractivity contribution in [3.8, 4) is 22.8 Å². The molecule has 0 atom stereocenters. The molecule has 146 valence electrons. The molecule has 5 nitrogen and oxygen atoms in total. The molecule has 1 amide bonds. The summed E-state index contributed by atoms with van der Waals surface area (Å²) in [4.78, 5) is 16.8.